The standard InChI is InChI=1S/C27H24F3N5O4/c1-26(2,27(28,29)30)19-8-6-17(7-9-19)23-31-24(39-33-23)21-10-11-22(37)35(32-21)13-16-4-3-5-18(12-16)25(38)34-14-20(36)15-34/h3-12,20,36H,13-15H2,1-2H3. The average molecular weight is 540 g/mol. The average Bonchev–Trinajstić information content (AvgIpc) is 3.38. The first-order chi connectivity index (χ1) is 18.4. The van der Waals surface area contributed by atoms with Gasteiger partial charge in [-0.15, -0.1) is 0 Å². The predicted octanol–water partition coefficient (Wildman–Crippen LogP) is 3.67. The van der Waals surface area contributed by atoms with Crippen molar-refractivity contribution in [1.29, 1.82) is 0 Å². The normalized spacial score (nSPS) is 14.4. The molecule has 1 aliphatic rings. The van der Waals surface area contributed by atoms with Gasteiger partial charge in [-0.05, 0) is 43.2 Å². The minimum absolute atomic E-state index is 0.0266. The van der Waals surface area contributed by atoms with E-state index in [1.54, 1.807) is 24.3 Å². The molecule has 0 atom stereocenters. The van der Waals surface area contributed by atoms with Gasteiger partial charge in [0.15, 0.2) is 0 Å². The number of hydrogen-bond donors (Lipinski definition) is 1. The maximum atomic E-state index is 13.4. The number of aromatic nitrogens is 4. The highest BCUT2D eigenvalue weighted by Gasteiger charge is 2.48. The number of halogens is 3. The van der Waals surface area contributed by atoms with Crippen molar-refractivity contribution < 1.29 is 27.6 Å². The zero-order valence-corrected chi connectivity index (χ0v) is 21.0. The maximum absolute atomic E-state index is 13.4. The molecule has 12 heteroatoms. The summed E-state index contributed by atoms with van der Waals surface area (Å²) in [5, 5.41) is 17.7. The largest absolute Gasteiger partial charge is 0.397 e. The zero-order chi connectivity index (χ0) is 27.9. The summed E-state index contributed by atoms with van der Waals surface area (Å²) >= 11 is 0. The highest BCUT2D eigenvalue weighted by molar-refractivity contribution is 5.95. The second kappa shape index (κ2) is 9.77. The van der Waals surface area contributed by atoms with Gasteiger partial charge in [0.1, 0.15) is 5.69 Å². The summed E-state index contributed by atoms with van der Waals surface area (Å²) in [4.78, 5) is 30.9. The van der Waals surface area contributed by atoms with E-state index in [0.29, 0.717) is 16.7 Å². The summed E-state index contributed by atoms with van der Waals surface area (Å²) in [6.07, 6.45) is -4.91. The Balaban J connectivity index is 1.35. The van der Waals surface area contributed by atoms with E-state index < -0.39 is 17.7 Å². The van der Waals surface area contributed by atoms with Crippen LogP contribution in [0, 0.1) is 0 Å². The molecule has 202 valence electrons. The van der Waals surface area contributed by atoms with Crippen LogP contribution in [0.4, 0.5) is 13.2 Å². The van der Waals surface area contributed by atoms with Crippen LogP contribution in [-0.2, 0) is 12.0 Å². The Bertz CT molecular complexity index is 1570. The van der Waals surface area contributed by atoms with E-state index >= 15 is 0 Å². The Morgan fingerprint density at radius 3 is 2.46 bits per heavy atom. The van der Waals surface area contributed by atoms with E-state index in [2.05, 4.69) is 15.2 Å². The van der Waals surface area contributed by atoms with Crippen LogP contribution in [0.1, 0.15) is 35.3 Å². The zero-order valence-electron chi connectivity index (χ0n) is 21.0. The molecule has 0 radical (unpaired) electrons. The predicted molar refractivity (Wildman–Crippen MR) is 134 cm³/mol. The molecular weight excluding hydrogens is 515 g/mol. The van der Waals surface area contributed by atoms with Gasteiger partial charge in [0.2, 0.25) is 5.82 Å². The molecule has 0 saturated carbocycles. The summed E-state index contributed by atoms with van der Waals surface area (Å²) in [6, 6.07) is 15.3. The van der Waals surface area contributed by atoms with Gasteiger partial charge in [0.25, 0.3) is 17.4 Å². The summed E-state index contributed by atoms with van der Waals surface area (Å²) in [5.41, 5.74) is -0.512. The number of hydrogen-bond acceptors (Lipinski definition) is 7. The molecule has 2 aromatic carbocycles. The second-order valence-corrected chi connectivity index (χ2v) is 9.90. The van der Waals surface area contributed by atoms with Gasteiger partial charge in [-0.2, -0.15) is 23.3 Å². The summed E-state index contributed by atoms with van der Waals surface area (Å²) in [5.74, 6) is -0.0217. The number of carbonyl (C=O) groups excluding carboxylic acids is 1. The van der Waals surface area contributed by atoms with Crippen LogP contribution >= 0.6 is 0 Å². The summed E-state index contributed by atoms with van der Waals surface area (Å²) < 4.78 is 46.6. The highest BCUT2D eigenvalue weighted by Crippen LogP contribution is 2.40. The van der Waals surface area contributed by atoms with Gasteiger partial charge < -0.3 is 14.5 Å². The van der Waals surface area contributed by atoms with E-state index in [1.807, 2.05) is 0 Å². The van der Waals surface area contributed by atoms with Crippen LogP contribution in [0.15, 0.2) is 70.0 Å². The molecule has 0 unspecified atom stereocenters. The first-order valence-electron chi connectivity index (χ1n) is 12.1. The highest BCUT2D eigenvalue weighted by atomic mass is 19.4. The van der Waals surface area contributed by atoms with Gasteiger partial charge in [0, 0.05) is 30.3 Å². The first kappa shape index (κ1) is 26.3. The van der Waals surface area contributed by atoms with Crippen LogP contribution < -0.4 is 5.56 Å². The molecule has 1 N–H and O–H groups in total. The molecule has 4 aromatic rings. The van der Waals surface area contributed by atoms with E-state index in [-0.39, 0.29) is 54.1 Å². The van der Waals surface area contributed by atoms with Gasteiger partial charge in [-0.1, -0.05) is 41.6 Å². The molecule has 0 aliphatic carbocycles. The van der Waals surface area contributed by atoms with Crippen molar-refractivity contribution in [2.24, 2.45) is 0 Å². The lowest BCUT2D eigenvalue weighted by molar-refractivity contribution is -0.180. The minimum Gasteiger partial charge on any atom is -0.389 e. The SMILES string of the molecule is CC(C)(c1ccc(-c2noc(-c3ccc(=O)n(Cc4cccc(C(=O)N5CC(O)C5)c4)n3)n2)cc1)C(F)(F)F. The van der Waals surface area contributed by atoms with E-state index in [1.165, 1.54) is 46.0 Å². The number of carbonyl (C=O) groups is 1. The van der Waals surface area contributed by atoms with Crippen molar-refractivity contribution in [2.75, 3.05) is 13.1 Å². The molecule has 1 aliphatic heterocycles. The molecule has 1 amide bonds. The van der Waals surface area contributed by atoms with Crippen LogP contribution in [0.2, 0.25) is 0 Å². The lowest BCUT2D eigenvalue weighted by atomic mass is 9.83. The van der Waals surface area contributed by atoms with E-state index in [9.17, 15) is 27.9 Å². The number of aliphatic hydroxyl groups excluding tert-OH is 1. The smallest absolute Gasteiger partial charge is 0.389 e. The van der Waals surface area contributed by atoms with E-state index in [4.69, 9.17) is 4.52 Å². The number of nitrogens with zero attached hydrogens (tertiary/aromatic N) is 5. The van der Waals surface area contributed by atoms with Gasteiger partial charge >= 0.3 is 6.18 Å². The van der Waals surface area contributed by atoms with Gasteiger partial charge in [-0.3, -0.25) is 9.59 Å². The maximum Gasteiger partial charge on any atom is 0.397 e. The Morgan fingerprint density at radius 2 is 1.79 bits per heavy atom. The molecule has 1 fully saturated rings. The van der Waals surface area contributed by atoms with Gasteiger partial charge in [-0.25, -0.2) is 4.68 Å². The van der Waals surface area contributed by atoms with Crippen LogP contribution in [-0.4, -0.2) is 61.2 Å². The number of amides is 1. The fourth-order valence-electron chi connectivity index (χ4n) is 4.10. The Kier molecular flexibility index (Phi) is 6.59. The topological polar surface area (TPSA) is 114 Å². The third kappa shape index (κ3) is 5.19. The number of rotatable bonds is 6. The lowest BCUT2D eigenvalue weighted by Crippen LogP contribution is -2.53. The van der Waals surface area contributed by atoms with Crippen molar-refractivity contribution in [3.05, 3.63) is 87.7 Å². The molecule has 0 bridgehead atoms. The molecule has 3 heterocycles. The quantitative estimate of drug-likeness (QED) is 0.398. The van der Waals surface area contributed by atoms with Crippen molar-refractivity contribution in [3.8, 4) is 23.0 Å². The number of β-amino-alcohol motifs (C(OH)–C–C–N with tert-alkyl or cyclic N) is 1. The number of aliphatic hydroxyl groups is 1. The molecular formula is C27H24F3N5O4. The van der Waals surface area contributed by atoms with Crippen molar-refractivity contribution in [3.63, 3.8) is 0 Å². The molecule has 1 saturated heterocycles. The molecule has 0 spiro atoms. The Hall–Kier alpha value is -4.32. The van der Waals surface area contributed by atoms with Crippen molar-refractivity contribution in [2.45, 2.75) is 38.1 Å². The van der Waals surface area contributed by atoms with E-state index in [0.717, 1.165) is 13.8 Å². The van der Waals surface area contributed by atoms with Crippen LogP contribution in [0.5, 0.6) is 0 Å². The fourth-order valence-corrected chi connectivity index (χ4v) is 4.10. The first-order valence-corrected chi connectivity index (χ1v) is 12.1. The summed E-state index contributed by atoms with van der Waals surface area (Å²) in [7, 11) is 0. The molecule has 5 rings (SSSR count). The monoisotopic (exact) mass is 539 g/mol. The minimum atomic E-state index is -4.41. The molecule has 2 aromatic heterocycles. The Labute approximate surface area is 220 Å². The molecule has 39 heavy (non-hydrogen) atoms. The summed E-state index contributed by atoms with van der Waals surface area (Å²) in [6.45, 7) is 2.87. The van der Waals surface area contributed by atoms with Crippen molar-refractivity contribution in [1.82, 2.24) is 24.8 Å². The number of alkyl halides is 3. The lowest BCUT2D eigenvalue weighted by Gasteiger charge is -2.35. The van der Waals surface area contributed by atoms with Gasteiger partial charge in [0.05, 0.1) is 18.1 Å². The third-order valence-corrected chi connectivity index (χ3v) is 6.74. The fraction of sp³-hybridized carbons (Fsp3) is 0.296. The Morgan fingerprint density at radius 1 is 1.08 bits per heavy atom. The number of benzene rings is 2. The third-order valence-electron chi connectivity index (χ3n) is 6.74. The van der Waals surface area contributed by atoms with Crippen LogP contribution in [0.3, 0.4) is 0 Å². The van der Waals surface area contributed by atoms with Crippen LogP contribution in [0.25, 0.3) is 23.0 Å². The molecule has 9 nitrogen and oxygen atoms in total. The van der Waals surface area contributed by atoms with Crippen molar-refractivity contribution >= 4 is 5.91 Å². The second-order valence-electron chi connectivity index (χ2n) is 9.90. The number of likely N-dealkylation sites (tertiary alicyclic amines) is 1.